The van der Waals surface area contributed by atoms with Crippen molar-refractivity contribution in [3.05, 3.63) is 66.0 Å². The summed E-state index contributed by atoms with van der Waals surface area (Å²) in [6.45, 7) is 3.40. The van der Waals surface area contributed by atoms with E-state index in [1.165, 1.54) is 36.9 Å². The summed E-state index contributed by atoms with van der Waals surface area (Å²) in [5, 5.41) is 0. The molecule has 19 heavy (non-hydrogen) atoms. The molecule has 0 aliphatic rings. The summed E-state index contributed by atoms with van der Waals surface area (Å²) in [6.07, 6.45) is 8.50. The molecule has 1 aromatic heterocycles. The van der Waals surface area contributed by atoms with Crippen LogP contribution in [0.25, 0.3) is 0 Å². The average molecular weight is 254 g/mol. The third kappa shape index (κ3) is 4.51. The van der Waals surface area contributed by atoms with Crippen molar-refractivity contribution in [3.63, 3.8) is 0 Å². The van der Waals surface area contributed by atoms with Gasteiger partial charge in [0.2, 0.25) is 0 Å². The van der Waals surface area contributed by atoms with E-state index in [9.17, 15) is 0 Å². The molecule has 0 amide bonds. The fraction of sp³-hybridized carbons (Fsp3) is 0.389. The van der Waals surface area contributed by atoms with Crippen molar-refractivity contribution in [1.82, 2.24) is 0 Å². The number of benzene rings is 1. The number of hydrogen-bond donors (Lipinski definition) is 0. The predicted octanol–water partition coefficient (Wildman–Crippen LogP) is 4.15. The minimum atomic E-state index is 1.02. The van der Waals surface area contributed by atoms with Crippen molar-refractivity contribution >= 4 is 0 Å². The summed E-state index contributed by atoms with van der Waals surface area (Å²) in [4.78, 5) is 0. The number of aromatic nitrogens is 1. The standard InChI is InChI=1S/C18H24N/c1-2-3-4-9-14-19-15-10-8-13-18(19)16-17-11-6-5-7-12-17/h5-8,10-13,15H,2-4,9,14,16H2,1H3/q+1. The maximum absolute atomic E-state index is 2.41. The van der Waals surface area contributed by atoms with Crippen LogP contribution in [0.2, 0.25) is 0 Å². The number of unbranched alkanes of at least 4 members (excludes halogenated alkanes) is 3. The Morgan fingerprint density at radius 3 is 2.42 bits per heavy atom. The van der Waals surface area contributed by atoms with Crippen LogP contribution in [0.1, 0.15) is 43.9 Å². The quantitative estimate of drug-likeness (QED) is 0.516. The molecule has 0 bridgehead atoms. The zero-order valence-corrected chi connectivity index (χ0v) is 11.9. The largest absolute Gasteiger partial charge is 0.202 e. The molecule has 0 fully saturated rings. The van der Waals surface area contributed by atoms with Crippen molar-refractivity contribution in [2.75, 3.05) is 0 Å². The van der Waals surface area contributed by atoms with Gasteiger partial charge in [0.15, 0.2) is 11.9 Å². The Hall–Kier alpha value is -1.63. The Kier molecular flexibility index (Phi) is 5.61. The molecule has 2 aromatic rings. The number of hydrogen-bond acceptors (Lipinski definition) is 0. The lowest BCUT2D eigenvalue weighted by Gasteiger charge is -2.04. The van der Waals surface area contributed by atoms with Gasteiger partial charge in [0.25, 0.3) is 0 Å². The zero-order chi connectivity index (χ0) is 13.3. The van der Waals surface area contributed by atoms with Gasteiger partial charge in [-0.3, -0.25) is 0 Å². The highest BCUT2D eigenvalue weighted by molar-refractivity contribution is 5.19. The molecule has 100 valence electrons. The first-order valence-corrected chi connectivity index (χ1v) is 7.41. The molecule has 0 aliphatic carbocycles. The van der Waals surface area contributed by atoms with Crippen LogP contribution in [0.15, 0.2) is 54.7 Å². The molecule has 0 aliphatic heterocycles. The van der Waals surface area contributed by atoms with Crippen molar-refractivity contribution in [1.29, 1.82) is 0 Å². The fourth-order valence-corrected chi connectivity index (χ4v) is 2.40. The van der Waals surface area contributed by atoms with E-state index in [2.05, 4.69) is 66.2 Å². The monoisotopic (exact) mass is 254 g/mol. The van der Waals surface area contributed by atoms with Crippen LogP contribution in [0.5, 0.6) is 0 Å². The third-order valence-corrected chi connectivity index (χ3v) is 3.52. The van der Waals surface area contributed by atoms with E-state index in [1.54, 1.807) is 0 Å². The molecule has 0 N–H and O–H groups in total. The van der Waals surface area contributed by atoms with Gasteiger partial charge in [0.1, 0.15) is 6.54 Å². The van der Waals surface area contributed by atoms with E-state index in [1.807, 2.05) is 0 Å². The minimum Gasteiger partial charge on any atom is -0.202 e. The van der Waals surface area contributed by atoms with Crippen LogP contribution in [0.3, 0.4) is 0 Å². The molecule has 0 atom stereocenters. The van der Waals surface area contributed by atoms with Gasteiger partial charge in [0.05, 0.1) is 6.42 Å². The summed E-state index contributed by atoms with van der Waals surface area (Å²) in [7, 11) is 0. The molecular weight excluding hydrogens is 230 g/mol. The fourth-order valence-electron chi connectivity index (χ4n) is 2.40. The second-order valence-corrected chi connectivity index (χ2v) is 5.11. The number of rotatable bonds is 7. The van der Waals surface area contributed by atoms with Gasteiger partial charge in [-0.2, -0.15) is 0 Å². The zero-order valence-electron chi connectivity index (χ0n) is 11.9. The molecule has 0 saturated heterocycles. The Bertz CT molecular complexity index is 476. The Morgan fingerprint density at radius 1 is 0.842 bits per heavy atom. The van der Waals surface area contributed by atoms with E-state index >= 15 is 0 Å². The molecule has 1 heteroatoms. The van der Waals surface area contributed by atoms with E-state index in [4.69, 9.17) is 0 Å². The van der Waals surface area contributed by atoms with Crippen LogP contribution in [-0.2, 0) is 13.0 Å². The first-order chi connectivity index (χ1) is 9.40. The summed E-state index contributed by atoms with van der Waals surface area (Å²) < 4.78 is 2.41. The van der Waals surface area contributed by atoms with Gasteiger partial charge in [-0.25, -0.2) is 4.57 Å². The van der Waals surface area contributed by atoms with E-state index in [0.717, 1.165) is 13.0 Å². The molecular formula is C18H24N+. The Balaban J connectivity index is 2.00. The van der Waals surface area contributed by atoms with Crippen molar-refractivity contribution in [3.8, 4) is 0 Å². The number of pyridine rings is 1. The van der Waals surface area contributed by atoms with Gasteiger partial charge < -0.3 is 0 Å². The SMILES string of the molecule is CCCCCC[n+]1ccccc1Cc1ccccc1. The molecule has 0 saturated carbocycles. The van der Waals surface area contributed by atoms with Gasteiger partial charge in [-0.1, -0.05) is 56.2 Å². The molecule has 2 rings (SSSR count). The lowest BCUT2D eigenvalue weighted by molar-refractivity contribution is -0.704. The van der Waals surface area contributed by atoms with Gasteiger partial charge in [-0.05, 0) is 12.0 Å². The highest BCUT2D eigenvalue weighted by atomic mass is 14.9. The number of nitrogens with zero attached hydrogens (tertiary/aromatic N) is 1. The maximum Gasteiger partial charge on any atom is 0.185 e. The van der Waals surface area contributed by atoms with Gasteiger partial charge in [0, 0.05) is 18.6 Å². The first-order valence-electron chi connectivity index (χ1n) is 7.41. The van der Waals surface area contributed by atoms with Crippen LogP contribution in [0.4, 0.5) is 0 Å². The average Bonchev–Trinajstić information content (AvgIpc) is 2.46. The lowest BCUT2D eigenvalue weighted by Crippen LogP contribution is -2.38. The summed E-state index contributed by atoms with van der Waals surface area (Å²) in [5.74, 6) is 0. The van der Waals surface area contributed by atoms with Crippen molar-refractivity contribution in [2.24, 2.45) is 0 Å². The molecule has 1 heterocycles. The Morgan fingerprint density at radius 2 is 1.63 bits per heavy atom. The van der Waals surface area contributed by atoms with Gasteiger partial charge >= 0.3 is 0 Å². The highest BCUT2D eigenvalue weighted by Gasteiger charge is 2.09. The highest BCUT2D eigenvalue weighted by Crippen LogP contribution is 2.06. The molecule has 1 aromatic carbocycles. The summed E-state index contributed by atoms with van der Waals surface area (Å²) >= 11 is 0. The van der Waals surface area contributed by atoms with Crippen LogP contribution in [-0.4, -0.2) is 0 Å². The molecule has 0 radical (unpaired) electrons. The molecule has 0 spiro atoms. The Labute approximate surface area is 116 Å². The van der Waals surface area contributed by atoms with Crippen LogP contribution < -0.4 is 4.57 Å². The normalized spacial score (nSPS) is 10.6. The van der Waals surface area contributed by atoms with Crippen molar-refractivity contribution in [2.45, 2.75) is 45.6 Å². The molecule has 0 unspecified atom stereocenters. The topological polar surface area (TPSA) is 3.88 Å². The van der Waals surface area contributed by atoms with Crippen molar-refractivity contribution < 1.29 is 4.57 Å². The summed E-state index contributed by atoms with van der Waals surface area (Å²) in [6, 6.07) is 17.2. The van der Waals surface area contributed by atoms with Crippen LogP contribution >= 0.6 is 0 Å². The number of aryl methyl sites for hydroxylation is 1. The predicted molar refractivity (Wildman–Crippen MR) is 80.0 cm³/mol. The van der Waals surface area contributed by atoms with E-state index in [0.29, 0.717) is 0 Å². The first kappa shape index (κ1) is 13.8. The maximum atomic E-state index is 2.41. The minimum absolute atomic E-state index is 1.02. The smallest absolute Gasteiger partial charge is 0.185 e. The van der Waals surface area contributed by atoms with Gasteiger partial charge in [-0.15, -0.1) is 0 Å². The van der Waals surface area contributed by atoms with E-state index < -0.39 is 0 Å². The van der Waals surface area contributed by atoms with E-state index in [-0.39, 0.29) is 0 Å². The third-order valence-electron chi connectivity index (χ3n) is 3.52. The summed E-state index contributed by atoms with van der Waals surface area (Å²) in [5.41, 5.74) is 2.79. The molecule has 1 nitrogen and oxygen atoms in total. The van der Waals surface area contributed by atoms with Crippen LogP contribution in [0, 0.1) is 0 Å². The lowest BCUT2D eigenvalue weighted by atomic mass is 10.1. The second kappa shape index (κ2) is 7.73. The second-order valence-electron chi connectivity index (χ2n) is 5.11.